The molecule has 0 unspecified atom stereocenters. The Morgan fingerprint density at radius 1 is 1.37 bits per heavy atom. The van der Waals surface area contributed by atoms with Crippen LogP contribution in [0.5, 0.6) is 0 Å². The summed E-state index contributed by atoms with van der Waals surface area (Å²) in [4.78, 5) is 16.3. The van der Waals surface area contributed by atoms with Crippen molar-refractivity contribution < 1.29 is 4.79 Å². The first-order valence-corrected chi connectivity index (χ1v) is 6.44. The second-order valence-corrected chi connectivity index (χ2v) is 5.09. The van der Waals surface area contributed by atoms with E-state index in [0.717, 1.165) is 29.9 Å². The fraction of sp³-hybridized carbons (Fsp3) is 0.357. The monoisotopic (exact) mass is 256 g/mol. The summed E-state index contributed by atoms with van der Waals surface area (Å²) >= 11 is 0. The van der Waals surface area contributed by atoms with Crippen LogP contribution >= 0.6 is 0 Å². The number of carbonyl (C=O) groups excluding carboxylic acids is 1. The van der Waals surface area contributed by atoms with Gasteiger partial charge in [0, 0.05) is 11.6 Å². The summed E-state index contributed by atoms with van der Waals surface area (Å²) in [5.41, 5.74) is 3.00. The number of nitrogens with zero attached hydrogens (tertiary/aromatic N) is 2. The number of amides is 1. The molecule has 0 spiro atoms. The van der Waals surface area contributed by atoms with E-state index in [9.17, 15) is 4.79 Å². The molecule has 1 heterocycles. The molecule has 1 aliphatic carbocycles. The summed E-state index contributed by atoms with van der Waals surface area (Å²) < 4.78 is 0. The molecule has 98 valence electrons. The van der Waals surface area contributed by atoms with E-state index in [1.807, 2.05) is 32.0 Å². The number of hydrogen-bond donors (Lipinski definition) is 2. The lowest BCUT2D eigenvalue weighted by molar-refractivity contribution is 0.101. The quantitative estimate of drug-likeness (QED) is 0.886. The van der Waals surface area contributed by atoms with Gasteiger partial charge in [-0.15, -0.1) is 5.10 Å². The first-order valence-electron chi connectivity index (χ1n) is 6.44. The molecule has 1 aromatic heterocycles. The van der Waals surface area contributed by atoms with E-state index >= 15 is 0 Å². The van der Waals surface area contributed by atoms with Gasteiger partial charge in [0.15, 0.2) is 0 Å². The van der Waals surface area contributed by atoms with Crippen LogP contribution < -0.4 is 5.32 Å². The molecule has 5 heteroatoms. The molecule has 1 fully saturated rings. The van der Waals surface area contributed by atoms with E-state index in [1.165, 1.54) is 5.56 Å². The normalized spacial score (nSPS) is 14.4. The van der Waals surface area contributed by atoms with Crippen LogP contribution in [0, 0.1) is 13.8 Å². The third-order valence-electron chi connectivity index (χ3n) is 3.30. The lowest BCUT2D eigenvalue weighted by atomic mass is 10.1. The number of aromatic nitrogens is 3. The van der Waals surface area contributed by atoms with Gasteiger partial charge in [0.2, 0.25) is 5.82 Å². The van der Waals surface area contributed by atoms with E-state index in [1.54, 1.807) is 0 Å². The molecule has 1 saturated carbocycles. The average Bonchev–Trinajstić information content (AvgIpc) is 3.10. The minimum absolute atomic E-state index is 0.210. The number of rotatable bonds is 3. The average molecular weight is 256 g/mol. The van der Waals surface area contributed by atoms with E-state index in [2.05, 4.69) is 20.5 Å². The number of benzene rings is 1. The number of hydrogen-bond acceptors (Lipinski definition) is 3. The summed E-state index contributed by atoms with van der Waals surface area (Å²) in [7, 11) is 0. The standard InChI is InChI=1S/C14H16N4O/c1-8-3-6-11(9(2)7-8)15-14(19)13-16-12(17-18-13)10-4-5-10/h3,6-7,10H,4-5H2,1-2H3,(H,15,19)(H,16,17,18). The maximum Gasteiger partial charge on any atom is 0.295 e. The number of aryl methyl sites for hydroxylation is 2. The molecule has 1 amide bonds. The maximum absolute atomic E-state index is 12.1. The lowest BCUT2D eigenvalue weighted by Gasteiger charge is -2.07. The van der Waals surface area contributed by atoms with Gasteiger partial charge in [-0.05, 0) is 38.3 Å². The van der Waals surface area contributed by atoms with Gasteiger partial charge < -0.3 is 5.32 Å². The van der Waals surface area contributed by atoms with Crippen LogP contribution in [-0.4, -0.2) is 21.1 Å². The van der Waals surface area contributed by atoms with E-state index < -0.39 is 0 Å². The van der Waals surface area contributed by atoms with Gasteiger partial charge in [0.1, 0.15) is 5.82 Å². The minimum Gasteiger partial charge on any atom is -0.319 e. The summed E-state index contributed by atoms with van der Waals surface area (Å²) in [6.45, 7) is 3.99. The Morgan fingerprint density at radius 3 is 2.84 bits per heavy atom. The molecular formula is C14H16N4O. The number of carbonyl (C=O) groups is 1. The molecule has 0 saturated heterocycles. The molecular weight excluding hydrogens is 240 g/mol. The zero-order valence-corrected chi connectivity index (χ0v) is 11.0. The van der Waals surface area contributed by atoms with Crippen LogP contribution in [-0.2, 0) is 0 Å². The van der Waals surface area contributed by atoms with Crippen LogP contribution in [0.2, 0.25) is 0 Å². The third-order valence-corrected chi connectivity index (χ3v) is 3.30. The summed E-state index contributed by atoms with van der Waals surface area (Å²) in [6, 6.07) is 5.90. The van der Waals surface area contributed by atoms with Crippen LogP contribution in [0.15, 0.2) is 18.2 Å². The highest BCUT2D eigenvalue weighted by Crippen LogP contribution is 2.37. The van der Waals surface area contributed by atoms with E-state index in [4.69, 9.17) is 0 Å². The van der Waals surface area contributed by atoms with Crippen molar-refractivity contribution in [1.82, 2.24) is 15.2 Å². The second kappa shape index (κ2) is 4.50. The van der Waals surface area contributed by atoms with Crippen LogP contribution in [0.4, 0.5) is 5.69 Å². The Kier molecular flexibility index (Phi) is 2.81. The molecule has 3 rings (SSSR count). The van der Waals surface area contributed by atoms with Crippen LogP contribution in [0.3, 0.4) is 0 Å². The summed E-state index contributed by atoms with van der Waals surface area (Å²) in [5.74, 6) is 1.23. The molecule has 5 nitrogen and oxygen atoms in total. The Balaban J connectivity index is 1.76. The van der Waals surface area contributed by atoms with Crippen molar-refractivity contribution >= 4 is 11.6 Å². The van der Waals surface area contributed by atoms with Gasteiger partial charge in [-0.3, -0.25) is 9.89 Å². The number of H-pyrrole nitrogens is 1. The fourth-order valence-corrected chi connectivity index (χ4v) is 2.05. The summed E-state index contributed by atoms with van der Waals surface area (Å²) in [6.07, 6.45) is 2.26. The second-order valence-electron chi connectivity index (χ2n) is 5.09. The Hall–Kier alpha value is -2.17. The molecule has 2 aromatic rings. The Bertz CT molecular complexity index is 628. The van der Waals surface area contributed by atoms with Gasteiger partial charge >= 0.3 is 0 Å². The van der Waals surface area contributed by atoms with Crippen molar-refractivity contribution in [3.05, 3.63) is 41.0 Å². The van der Waals surface area contributed by atoms with Crippen molar-refractivity contribution in [2.75, 3.05) is 5.32 Å². The van der Waals surface area contributed by atoms with Crippen LogP contribution in [0.1, 0.15) is 46.3 Å². The van der Waals surface area contributed by atoms with Gasteiger partial charge in [0.05, 0.1) is 0 Å². The molecule has 0 aliphatic heterocycles. The van der Waals surface area contributed by atoms with Gasteiger partial charge in [-0.25, -0.2) is 4.98 Å². The van der Waals surface area contributed by atoms with Gasteiger partial charge in [0.25, 0.3) is 5.91 Å². The van der Waals surface area contributed by atoms with Crippen molar-refractivity contribution in [3.8, 4) is 0 Å². The molecule has 0 atom stereocenters. The molecule has 1 aliphatic rings. The molecule has 2 N–H and O–H groups in total. The number of aromatic amines is 1. The zero-order valence-electron chi connectivity index (χ0n) is 11.0. The van der Waals surface area contributed by atoms with Crippen molar-refractivity contribution in [2.45, 2.75) is 32.6 Å². The van der Waals surface area contributed by atoms with Crippen LogP contribution in [0.25, 0.3) is 0 Å². The molecule has 1 aromatic carbocycles. The highest BCUT2D eigenvalue weighted by molar-refractivity contribution is 6.01. The van der Waals surface area contributed by atoms with Gasteiger partial charge in [-0.2, -0.15) is 0 Å². The smallest absolute Gasteiger partial charge is 0.295 e. The largest absolute Gasteiger partial charge is 0.319 e. The minimum atomic E-state index is -0.268. The fourth-order valence-electron chi connectivity index (χ4n) is 2.05. The van der Waals surface area contributed by atoms with Crippen molar-refractivity contribution in [2.24, 2.45) is 0 Å². The predicted octanol–water partition coefficient (Wildman–Crippen LogP) is 2.55. The molecule has 0 radical (unpaired) electrons. The number of nitrogens with one attached hydrogen (secondary N) is 2. The lowest BCUT2D eigenvalue weighted by Crippen LogP contribution is -2.14. The first kappa shape index (κ1) is 11.9. The molecule has 19 heavy (non-hydrogen) atoms. The van der Waals surface area contributed by atoms with Gasteiger partial charge in [-0.1, -0.05) is 17.7 Å². The Labute approximate surface area is 111 Å². The van der Waals surface area contributed by atoms with E-state index in [-0.39, 0.29) is 11.7 Å². The first-order chi connectivity index (χ1) is 9.13. The van der Waals surface area contributed by atoms with Crippen molar-refractivity contribution in [3.63, 3.8) is 0 Å². The Morgan fingerprint density at radius 2 is 2.16 bits per heavy atom. The highest BCUT2D eigenvalue weighted by Gasteiger charge is 2.28. The maximum atomic E-state index is 12.1. The number of anilines is 1. The SMILES string of the molecule is Cc1ccc(NC(=O)c2n[nH]c(C3CC3)n2)c(C)c1. The topological polar surface area (TPSA) is 70.7 Å². The highest BCUT2D eigenvalue weighted by atomic mass is 16.2. The summed E-state index contributed by atoms with van der Waals surface area (Å²) in [5, 5.41) is 9.65. The zero-order chi connectivity index (χ0) is 13.4. The van der Waals surface area contributed by atoms with E-state index in [0.29, 0.717) is 5.92 Å². The van der Waals surface area contributed by atoms with Crippen molar-refractivity contribution in [1.29, 1.82) is 0 Å². The molecule has 0 bridgehead atoms. The predicted molar refractivity (Wildman–Crippen MR) is 72.2 cm³/mol. The third kappa shape index (κ3) is 2.50.